The molecule has 1 aromatic heterocycles. The number of hydrogen-bond donors (Lipinski definition) is 1. The second-order valence-corrected chi connectivity index (χ2v) is 4.46. The van der Waals surface area contributed by atoms with Gasteiger partial charge in [-0.25, -0.2) is 4.98 Å². The van der Waals surface area contributed by atoms with E-state index in [2.05, 4.69) is 53.5 Å². The Morgan fingerprint density at radius 2 is 2.18 bits per heavy atom. The largest absolute Gasteiger partial charge is 0.369 e. The monoisotopic (exact) mass is 232 g/mol. The smallest absolute Gasteiger partial charge is 0.201 e. The normalized spacial score (nSPS) is 11.5. The van der Waals surface area contributed by atoms with E-state index in [1.165, 1.54) is 5.56 Å². The molecular weight excluding hydrogens is 212 g/mol. The van der Waals surface area contributed by atoms with Gasteiger partial charge in [-0.1, -0.05) is 19.1 Å². The summed E-state index contributed by atoms with van der Waals surface area (Å²) in [4.78, 5) is 6.70. The minimum atomic E-state index is 0.610. The second-order valence-electron chi connectivity index (χ2n) is 4.46. The van der Waals surface area contributed by atoms with Gasteiger partial charge in [0.25, 0.3) is 0 Å². The van der Waals surface area contributed by atoms with Crippen LogP contribution in [0.1, 0.15) is 12.5 Å². The highest BCUT2D eigenvalue weighted by atomic mass is 15.2. The Hall–Kier alpha value is -1.55. The number of imidazole rings is 1. The molecule has 0 fully saturated rings. The summed E-state index contributed by atoms with van der Waals surface area (Å²) in [5.74, 6) is 0.610. The molecule has 0 saturated carbocycles. The van der Waals surface area contributed by atoms with E-state index in [1.807, 2.05) is 0 Å². The van der Waals surface area contributed by atoms with Crippen molar-refractivity contribution in [2.24, 2.45) is 0 Å². The third-order valence-electron chi connectivity index (χ3n) is 3.26. The summed E-state index contributed by atoms with van der Waals surface area (Å²) in [6.45, 7) is 7.14. The first-order valence-corrected chi connectivity index (χ1v) is 6.03. The first-order valence-electron chi connectivity index (χ1n) is 6.03. The van der Waals surface area contributed by atoms with Crippen molar-refractivity contribution >= 4 is 17.0 Å². The van der Waals surface area contributed by atoms with Crippen molar-refractivity contribution < 1.29 is 0 Å². The van der Waals surface area contributed by atoms with Crippen molar-refractivity contribution in [2.75, 3.05) is 25.9 Å². The van der Waals surface area contributed by atoms with E-state index < -0.39 is 0 Å². The van der Waals surface area contributed by atoms with Crippen LogP contribution >= 0.6 is 0 Å². The molecule has 0 radical (unpaired) electrons. The highest BCUT2D eigenvalue weighted by molar-refractivity contribution is 5.81. The van der Waals surface area contributed by atoms with Crippen molar-refractivity contribution in [3.8, 4) is 0 Å². The predicted octanol–water partition coefficient (Wildman–Crippen LogP) is 1.88. The number of para-hydroxylation sites is 1. The van der Waals surface area contributed by atoms with Crippen LogP contribution < -0.4 is 5.73 Å². The van der Waals surface area contributed by atoms with Gasteiger partial charge in [0.1, 0.15) is 0 Å². The predicted molar refractivity (Wildman–Crippen MR) is 72.1 cm³/mol. The molecule has 0 aliphatic heterocycles. The van der Waals surface area contributed by atoms with Gasteiger partial charge in [-0.05, 0) is 32.1 Å². The quantitative estimate of drug-likeness (QED) is 0.875. The number of aromatic nitrogens is 2. The third kappa shape index (κ3) is 2.26. The molecule has 0 spiro atoms. The molecule has 0 unspecified atom stereocenters. The average Bonchev–Trinajstić information content (AvgIpc) is 2.64. The van der Waals surface area contributed by atoms with Crippen molar-refractivity contribution in [2.45, 2.75) is 20.4 Å². The molecule has 0 aliphatic rings. The molecule has 17 heavy (non-hydrogen) atoms. The van der Waals surface area contributed by atoms with E-state index in [0.717, 1.165) is 30.7 Å². The first-order chi connectivity index (χ1) is 8.13. The lowest BCUT2D eigenvalue weighted by Gasteiger charge is -2.15. The fraction of sp³-hybridized carbons (Fsp3) is 0.462. The van der Waals surface area contributed by atoms with Crippen molar-refractivity contribution in [1.82, 2.24) is 14.5 Å². The molecule has 92 valence electrons. The van der Waals surface area contributed by atoms with Gasteiger partial charge >= 0.3 is 0 Å². The van der Waals surface area contributed by atoms with Crippen LogP contribution in [0.25, 0.3) is 11.0 Å². The fourth-order valence-electron chi connectivity index (χ4n) is 1.97. The molecular formula is C13H20N4. The van der Waals surface area contributed by atoms with Gasteiger partial charge in [-0.2, -0.15) is 0 Å². The number of nitrogen functional groups attached to an aromatic ring is 1. The molecule has 0 aliphatic carbocycles. The third-order valence-corrected chi connectivity index (χ3v) is 3.26. The van der Waals surface area contributed by atoms with Crippen LogP contribution in [0.15, 0.2) is 18.2 Å². The Morgan fingerprint density at radius 3 is 2.88 bits per heavy atom. The maximum absolute atomic E-state index is 5.98. The number of nitrogens with zero attached hydrogens (tertiary/aromatic N) is 3. The standard InChI is InChI=1S/C13H20N4/c1-4-16(3)8-9-17-11-7-5-6-10(2)12(11)15-13(17)14/h5-7H,4,8-9H2,1-3H3,(H2,14,15). The lowest BCUT2D eigenvalue weighted by molar-refractivity contribution is 0.338. The molecule has 2 rings (SSSR count). The number of fused-ring (bicyclic) bond motifs is 1. The van der Waals surface area contributed by atoms with E-state index in [-0.39, 0.29) is 0 Å². The van der Waals surface area contributed by atoms with Crippen LogP contribution in [-0.2, 0) is 6.54 Å². The molecule has 4 heteroatoms. The summed E-state index contributed by atoms with van der Waals surface area (Å²) in [5.41, 5.74) is 9.31. The summed E-state index contributed by atoms with van der Waals surface area (Å²) in [6.07, 6.45) is 0. The Bertz CT molecular complexity index is 515. The molecule has 4 nitrogen and oxygen atoms in total. The molecule has 0 atom stereocenters. The van der Waals surface area contributed by atoms with Gasteiger partial charge in [0.15, 0.2) is 0 Å². The Kier molecular flexibility index (Phi) is 3.33. The van der Waals surface area contributed by atoms with Crippen LogP contribution in [0.5, 0.6) is 0 Å². The summed E-state index contributed by atoms with van der Waals surface area (Å²) in [5, 5.41) is 0. The highest BCUT2D eigenvalue weighted by Crippen LogP contribution is 2.20. The van der Waals surface area contributed by atoms with Crippen molar-refractivity contribution in [3.05, 3.63) is 23.8 Å². The second kappa shape index (κ2) is 4.75. The highest BCUT2D eigenvalue weighted by Gasteiger charge is 2.09. The molecule has 2 aromatic rings. The van der Waals surface area contributed by atoms with Crippen LogP contribution in [0.2, 0.25) is 0 Å². The van der Waals surface area contributed by atoms with E-state index in [0.29, 0.717) is 5.95 Å². The van der Waals surface area contributed by atoms with E-state index in [4.69, 9.17) is 5.73 Å². The topological polar surface area (TPSA) is 47.1 Å². The fourth-order valence-corrected chi connectivity index (χ4v) is 1.97. The maximum Gasteiger partial charge on any atom is 0.201 e. The zero-order valence-electron chi connectivity index (χ0n) is 10.8. The molecule has 1 aromatic carbocycles. The number of anilines is 1. The van der Waals surface area contributed by atoms with Crippen LogP contribution in [0.3, 0.4) is 0 Å². The van der Waals surface area contributed by atoms with Crippen molar-refractivity contribution in [1.29, 1.82) is 0 Å². The van der Waals surface area contributed by atoms with Crippen molar-refractivity contribution in [3.63, 3.8) is 0 Å². The van der Waals surface area contributed by atoms with Gasteiger partial charge in [0.2, 0.25) is 5.95 Å². The van der Waals surface area contributed by atoms with Gasteiger partial charge in [0.05, 0.1) is 11.0 Å². The minimum absolute atomic E-state index is 0.610. The first kappa shape index (κ1) is 11.9. The Morgan fingerprint density at radius 1 is 1.41 bits per heavy atom. The average molecular weight is 232 g/mol. The molecule has 1 heterocycles. The molecule has 0 saturated heterocycles. The number of nitrogens with two attached hydrogens (primary N) is 1. The lowest BCUT2D eigenvalue weighted by atomic mass is 10.2. The zero-order valence-corrected chi connectivity index (χ0v) is 10.8. The van der Waals surface area contributed by atoms with Crippen LogP contribution in [0.4, 0.5) is 5.95 Å². The summed E-state index contributed by atoms with van der Waals surface area (Å²) < 4.78 is 2.09. The number of benzene rings is 1. The molecule has 2 N–H and O–H groups in total. The zero-order chi connectivity index (χ0) is 12.4. The van der Waals surface area contributed by atoms with Gasteiger partial charge < -0.3 is 15.2 Å². The Balaban J connectivity index is 2.33. The molecule has 0 bridgehead atoms. The Labute approximate surface area is 102 Å². The van der Waals surface area contributed by atoms with E-state index in [1.54, 1.807) is 0 Å². The van der Waals surface area contributed by atoms with E-state index >= 15 is 0 Å². The summed E-state index contributed by atoms with van der Waals surface area (Å²) in [7, 11) is 2.11. The summed E-state index contributed by atoms with van der Waals surface area (Å²) in [6, 6.07) is 6.20. The number of aryl methyl sites for hydroxylation is 1. The molecule has 0 amide bonds. The maximum atomic E-state index is 5.98. The minimum Gasteiger partial charge on any atom is -0.369 e. The van der Waals surface area contributed by atoms with E-state index in [9.17, 15) is 0 Å². The number of likely N-dealkylation sites (N-methyl/N-ethyl adjacent to an activating group) is 1. The van der Waals surface area contributed by atoms with Crippen LogP contribution in [0, 0.1) is 6.92 Å². The number of hydrogen-bond acceptors (Lipinski definition) is 3. The van der Waals surface area contributed by atoms with Crippen LogP contribution in [-0.4, -0.2) is 34.6 Å². The number of rotatable bonds is 4. The van der Waals surface area contributed by atoms with Gasteiger partial charge in [0, 0.05) is 13.1 Å². The lowest BCUT2D eigenvalue weighted by Crippen LogP contribution is -2.23. The summed E-state index contributed by atoms with van der Waals surface area (Å²) >= 11 is 0. The van der Waals surface area contributed by atoms with Gasteiger partial charge in [-0.3, -0.25) is 0 Å². The van der Waals surface area contributed by atoms with Gasteiger partial charge in [-0.15, -0.1) is 0 Å². The SMILES string of the molecule is CCN(C)CCn1c(N)nc2c(C)cccc21.